The summed E-state index contributed by atoms with van der Waals surface area (Å²) in [6, 6.07) is 0. The van der Waals surface area contributed by atoms with Crippen molar-refractivity contribution < 1.29 is 14.6 Å². The van der Waals surface area contributed by atoms with Crippen molar-refractivity contribution in [2.45, 2.75) is 25.0 Å². The van der Waals surface area contributed by atoms with E-state index in [0.29, 0.717) is 26.2 Å². The van der Waals surface area contributed by atoms with Crippen LogP contribution in [0.4, 0.5) is 0 Å². The molecule has 0 saturated carbocycles. The highest BCUT2D eigenvalue weighted by Crippen LogP contribution is 2.13. The van der Waals surface area contributed by atoms with E-state index in [-0.39, 0.29) is 12.2 Å². The van der Waals surface area contributed by atoms with Crippen LogP contribution < -0.4 is 0 Å². The summed E-state index contributed by atoms with van der Waals surface area (Å²) < 4.78 is 10.4. The maximum Gasteiger partial charge on any atom is 0.107 e. The van der Waals surface area contributed by atoms with E-state index in [9.17, 15) is 5.11 Å². The van der Waals surface area contributed by atoms with Gasteiger partial charge in [0.25, 0.3) is 0 Å². The smallest absolute Gasteiger partial charge is 0.107 e. The van der Waals surface area contributed by atoms with Crippen molar-refractivity contribution in [3.05, 3.63) is 0 Å². The molecule has 0 aromatic rings. The molecule has 0 aromatic heterocycles. The summed E-state index contributed by atoms with van der Waals surface area (Å²) in [5.41, 5.74) is 0. The van der Waals surface area contributed by atoms with Gasteiger partial charge in [-0.1, -0.05) is 5.92 Å². The topological polar surface area (TPSA) is 38.7 Å². The minimum Gasteiger partial charge on any atom is -0.393 e. The Morgan fingerprint density at radius 2 is 2.50 bits per heavy atom. The van der Waals surface area contributed by atoms with E-state index in [4.69, 9.17) is 15.9 Å². The molecule has 1 aliphatic rings. The van der Waals surface area contributed by atoms with Gasteiger partial charge in [0.05, 0.1) is 18.8 Å². The lowest BCUT2D eigenvalue weighted by Gasteiger charge is -2.25. The van der Waals surface area contributed by atoms with Gasteiger partial charge in [0.2, 0.25) is 0 Å². The Morgan fingerprint density at radius 3 is 3.17 bits per heavy atom. The van der Waals surface area contributed by atoms with E-state index in [2.05, 4.69) is 5.92 Å². The molecular formula is C9H14O3. The zero-order valence-corrected chi connectivity index (χ0v) is 7.03. The van der Waals surface area contributed by atoms with E-state index in [1.54, 1.807) is 0 Å². The van der Waals surface area contributed by atoms with E-state index in [0.717, 1.165) is 6.42 Å². The summed E-state index contributed by atoms with van der Waals surface area (Å²) in [7, 11) is 0. The number of hydrogen-bond acceptors (Lipinski definition) is 3. The Labute approximate surface area is 72.7 Å². The van der Waals surface area contributed by atoms with Crippen LogP contribution >= 0.6 is 0 Å². The molecule has 1 rings (SSSR count). The van der Waals surface area contributed by atoms with Crippen LogP contribution in [0.3, 0.4) is 0 Å². The normalized spacial score (nSPS) is 29.7. The molecule has 3 nitrogen and oxygen atoms in total. The highest BCUT2D eigenvalue weighted by molar-refractivity contribution is 4.83. The van der Waals surface area contributed by atoms with Crippen molar-refractivity contribution in [1.29, 1.82) is 0 Å². The van der Waals surface area contributed by atoms with Crippen LogP contribution in [0.1, 0.15) is 12.8 Å². The second-order valence-electron chi connectivity index (χ2n) is 2.89. The summed E-state index contributed by atoms with van der Waals surface area (Å²) in [6.07, 6.45) is 6.17. The number of hydrogen-bond donors (Lipinski definition) is 1. The predicted molar refractivity (Wildman–Crippen MR) is 44.6 cm³/mol. The van der Waals surface area contributed by atoms with E-state index < -0.39 is 0 Å². The SMILES string of the molecule is C#CCOC[C@@H]1C[C@@H](O)CCO1. The fourth-order valence-corrected chi connectivity index (χ4v) is 1.23. The zero-order valence-electron chi connectivity index (χ0n) is 7.03. The van der Waals surface area contributed by atoms with Gasteiger partial charge in [0, 0.05) is 13.0 Å². The van der Waals surface area contributed by atoms with Crippen LogP contribution in [0.25, 0.3) is 0 Å². The molecule has 1 fully saturated rings. The lowest BCUT2D eigenvalue weighted by molar-refractivity contribution is -0.0747. The molecule has 0 amide bonds. The molecular weight excluding hydrogens is 156 g/mol. The first kappa shape index (κ1) is 9.53. The van der Waals surface area contributed by atoms with Gasteiger partial charge < -0.3 is 14.6 Å². The maximum atomic E-state index is 9.26. The lowest BCUT2D eigenvalue weighted by atomic mass is 10.1. The Bertz CT molecular complexity index is 162. The number of rotatable bonds is 3. The summed E-state index contributed by atoms with van der Waals surface area (Å²) in [5.74, 6) is 2.38. The molecule has 0 unspecified atom stereocenters. The van der Waals surface area contributed by atoms with Crippen molar-refractivity contribution >= 4 is 0 Å². The summed E-state index contributed by atoms with van der Waals surface area (Å²) in [4.78, 5) is 0. The van der Waals surface area contributed by atoms with Crippen molar-refractivity contribution in [2.24, 2.45) is 0 Å². The first-order chi connectivity index (χ1) is 5.83. The standard InChI is InChI=1S/C9H14O3/c1-2-4-11-7-9-6-8(10)3-5-12-9/h1,8-10H,3-7H2/t8-,9-/m0/s1. The van der Waals surface area contributed by atoms with E-state index >= 15 is 0 Å². The quantitative estimate of drug-likeness (QED) is 0.485. The average Bonchev–Trinajstić information content (AvgIpc) is 2.05. The Morgan fingerprint density at radius 1 is 1.67 bits per heavy atom. The largest absolute Gasteiger partial charge is 0.393 e. The second-order valence-corrected chi connectivity index (χ2v) is 2.89. The average molecular weight is 170 g/mol. The van der Waals surface area contributed by atoms with Crippen LogP contribution in [-0.2, 0) is 9.47 Å². The first-order valence-corrected chi connectivity index (χ1v) is 4.14. The van der Waals surface area contributed by atoms with Gasteiger partial charge in [-0.25, -0.2) is 0 Å². The van der Waals surface area contributed by atoms with Gasteiger partial charge >= 0.3 is 0 Å². The molecule has 2 atom stereocenters. The molecule has 0 aromatic carbocycles. The fourth-order valence-electron chi connectivity index (χ4n) is 1.23. The van der Waals surface area contributed by atoms with Crippen LogP contribution in [0.15, 0.2) is 0 Å². The van der Waals surface area contributed by atoms with Gasteiger partial charge in [0.15, 0.2) is 0 Å². The molecule has 0 bridgehead atoms. The highest BCUT2D eigenvalue weighted by atomic mass is 16.5. The van der Waals surface area contributed by atoms with Crippen LogP contribution in [0.5, 0.6) is 0 Å². The van der Waals surface area contributed by atoms with Crippen LogP contribution in [0, 0.1) is 12.3 Å². The van der Waals surface area contributed by atoms with Gasteiger partial charge in [-0.05, 0) is 6.42 Å². The van der Waals surface area contributed by atoms with Gasteiger partial charge in [0.1, 0.15) is 6.61 Å². The number of aliphatic hydroxyl groups excluding tert-OH is 1. The van der Waals surface area contributed by atoms with Crippen molar-refractivity contribution in [3.8, 4) is 12.3 Å². The van der Waals surface area contributed by atoms with Crippen LogP contribution in [-0.4, -0.2) is 37.1 Å². The van der Waals surface area contributed by atoms with Crippen molar-refractivity contribution in [2.75, 3.05) is 19.8 Å². The Hall–Kier alpha value is -0.560. The zero-order chi connectivity index (χ0) is 8.81. The van der Waals surface area contributed by atoms with E-state index in [1.807, 2.05) is 0 Å². The summed E-state index contributed by atoms with van der Waals surface area (Å²) >= 11 is 0. The Kier molecular flexibility index (Phi) is 4.09. The maximum absolute atomic E-state index is 9.26. The fraction of sp³-hybridized carbons (Fsp3) is 0.778. The van der Waals surface area contributed by atoms with Gasteiger partial charge in [-0.15, -0.1) is 6.42 Å². The molecule has 1 saturated heterocycles. The van der Waals surface area contributed by atoms with E-state index in [1.165, 1.54) is 0 Å². The second kappa shape index (κ2) is 5.15. The Balaban J connectivity index is 2.11. The molecule has 3 heteroatoms. The van der Waals surface area contributed by atoms with Gasteiger partial charge in [-0.2, -0.15) is 0 Å². The first-order valence-electron chi connectivity index (χ1n) is 4.14. The van der Waals surface area contributed by atoms with Crippen molar-refractivity contribution in [1.82, 2.24) is 0 Å². The van der Waals surface area contributed by atoms with Gasteiger partial charge in [-0.3, -0.25) is 0 Å². The molecule has 0 spiro atoms. The summed E-state index contributed by atoms with van der Waals surface area (Å²) in [6.45, 7) is 1.42. The minimum atomic E-state index is -0.238. The molecule has 68 valence electrons. The molecule has 1 aliphatic heterocycles. The molecule has 0 aliphatic carbocycles. The van der Waals surface area contributed by atoms with Crippen molar-refractivity contribution in [3.63, 3.8) is 0 Å². The molecule has 1 heterocycles. The lowest BCUT2D eigenvalue weighted by Crippen LogP contribution is -2.32. The minimum absolute atomic E-state index is 0.0158. The highest BCUT2D eigenvalue weighted by Gasteiger charge is 2.20. The molecule has 12 heavy (non-hydrogen) atoms. The third kappa shape index (κ3) is 3.22. The summed E-state index contributed by atoms with van der Waals surface area (Å²) in [5, 5.41) is 9.26. The monoisotopic (exact) mass is 170 g/mol. The number of aliphatic hydroxyl groups is 1. The molecule has 1 N–H and O–H groups in total. The number of ether oxygens (including phenoxy) is 2. The number of terminal acetylenes is 1. The third-order valence-electron chi connectivity index (χ3n) is 1.83. The predicted octanol–water partition coefficient (Wildman–Crippen LogP) is 0.176. The van der Waals surface area contributed by atoms with Crippen LogP contribution in [0.2, 0.25) is 0 Å². The molecule has 0 radical (unpaired) electrons. The third-order valence-corrected chi connectivity index (χ3v) is 1.83.